The van der Waals surface area contributed by atoms with Crippen LogP contribution in [0, 0.1) is 11.6 Å². The fourth-order valence-electron chi connectivity index (χ4n) is 3.96. The molecular weight excluding hydrogens is 400 g/mol. The molecule has 4 aromatic rings. The van der Waals surface area contributed by atoms with Crippen LogP contribution in [0.25, 0.3) is 11.0 Å². The Labute approximate surface area is 178 Å². The van der Waals surface area contributed by atoms with Crippen LogP contribution in [0.1, 0.15) is 36.0 Å². The van der Waals surface area contributed by atoms with Gasteiger partial charge in [-0.3, -0.25) is 4.98 Å². The third-order valence-electron chi connectivity index (χ3n) is 5.44. The smallest absolute Gasteiger partial charge is 0.196 e. The summed E-state index contributed by atoms with van der Waals surface area (Å²) in [6.07, 6.45) is 2.66. The maximum atomic E-state index is 14.9. The molecule has 0 radical (unpaired) electrons. The van der Waals surface area contributed by atoms with Gasteiger partial charge in [0.15, 0.2) is 11.4 Å². The summed E-state index contributed by atoms with van der Waals surface area (Å²) in [5.74, 6) is -1.35. The molecule has 160 valence electrons. The van der Waals surface area contributed by atoms with E-state index in [4.69, 9.17) is 5.11 Å². The maximum absolute atomic E-state index is 14.9. The van der Waals surface area contributed by atoms with Crippen LogP contribution < -0.4 is 0 Å². The molecule has 0 amide bonds. The molecule has 7 heteroatoms. The van der Waals surface area contributed by atoms with Gasteiger partial charge in [0.05, 0.1) is 11.0 Å². The number of aryl methyl sites for hydroxylation is 2. The van der Waals surface area contributed by atoms with Crippen molar-refractivity contribution in [3.8, 4) is 0 Å². The first-order valence-corrected chi connectivity index (χ1v) is 10.2. The van der Waals surface area contributed by atoms with Gasteiger partial charge in [0.25, 0.3) is 0 Å². The van der Waals surface area contributed by atoms with Crippen LogP contribution in [0.15, 0.2) is 60.8 Å². The second-order valence-electron chi connectivity index (χ2n) is 7.35. The first-order valence-electron chi connectivity index (χ1n) is 10.2. The predicted octanol–water partition coefficient (Wildman–Crippen LogP) is 3.94. The number of nitrogens with zero attached hydrogens (tertiary/aromatic N) is 3. The Kier molecular flexibility index (Phi) is 5.80. The molecule has 1 unspecified atom stereocenters. The van der Waals surface area contributed by atoms with E-state index < -0.39 is 17.2 Å². The number of pyridine rings is 1. The van der Waals surface area contributed by atoms with Crippen molar-refractivity contribution < 1.29 is 19.0 Å². The van der Waals surface area contributed by atoms with Gasteiger partial charge in [-0.1, -0.05) is 24.3 Å². The van der Waals surface area contributed by atoms with Crippen LogP contribution in [-0.2, 0) is 18.6 Å². The Balaban J connectivity index is 2.02. The normalized spacial score (nSPS) is 13.5. The summed E-state index contributed by atoms with van der Waals surface area (Å²) in [7, 11) is 0. The standard InChI is InChI=1S/C24H23F2N3O2/c1-2-29-21-15-16(7-6-14-30)11-12-20(21)28-23(29)24(31,17-8-3-4-9-18(17)25)22-19(26)10-5-13-27-22/h3-5,8-13,15,30-31H,2,6-7,14H2,1H3. The molecule has 0 spiro atoms. The third-order valence-corrected chi connectivity index (χ3v) is 5.44. The van der Waals surface area contributed by atoms with E-state index in [1.54, 1.807) is 10.6 Å². The van der Waals surface area contributed by atoms with Crippen molar-refractivity contribution in [2.75, 3.05) is 6.61 Å². The molecule has 0 bridgehead atoms. The summed E-state index contributed by atoms with van der Waals surface area (Å²) in [6, 6.07) is 14.0. The van der Waals surface area contributed by atoms with Gasteiger partial charge in [-0.15, -0.1) is 0 Å². The minimum absolute atomic E-state index is 0.0856. The first-order chi connectivity index (χ1) is 15.0. The van der Waals surface area contributed by atoms with E-state index in [-0.39, 0.29) is 23.7 Å². The number of imidazole rings is 1. The number of aliphatic hydroxyl groups excluding tert-OH is 1. The average Bonchev–Trinajstić information content (AvgIpc) is 3.16. The zero-order valence-corrected chi connectivity index (χ0v) is 17.1. The van der Waals surface area contributed by atoms with Crippen molar-refractivity contribution in [2.45, 2.75) is 31.9 Å². The highest BCUT2D eigenvalue weighted by atomic mass is 19.1. The zero-order chi connectivity index (χ0) is 22.0. The molecular formula is C24H23F2N3O2. The number of aromatic nitrogens is 3. The molecule has 2 heterocycles. The Bertz CT molecular complexity index is 1180. The van der Waals surface area contributed by atoms with Crippen LogP contribution >= 0.6 is 0 Å². The molecule has 5 nitrogen and oxygen atoms in total. The predicted molar refractivity (Wildman–Crippen MR) is 114 cm³/mol. The largest absolute Gasteiger partial charge is 0.396 e. The molecule has 4 rings (SSSR count). The van der Waals surface area contributed by atoms with Gasteiger partial charge in [0, 0.05) is 24.9 Å². The second kappa shape index (κ2) is 8.53. The number of rotatable bonds is 7. The number of aliphatic hydroxyl groups is 2. The minimum atomic E-state index is -2.24. The lowest BCUT2D eigenvalue weighted by Gasteiger charge is -2.29. The lowest BCUT2D eigenvalue weighted by Crippen LogP contribution is -2.35. The van der Waals surface area contributed by atoms with Crippen molar-refractivity contribution >= 4 is 11.0 Å². The number of hydrogen-bond acceptors (Lipinski definition) is 4. The molecule has 31 heavy (non-hydrogen) atoms. The first kappa shape index (κ1) is 21.1. The molecule has 0 saturated heterocycles. The lowest BCUT2D eigenvalue weighted by molar-refractivity contribution is 0.0982. The highest BCUT2D eigenvalue weighted by molar-refractivity contribution is 5.77. The van der Waals surface area contributed by atoms with Crippen LogP contribution in [0.5, 0.6) is 0 Å². The van der Waals surface area contributed by atoms with Gasteiger partial charge in [-0.25, -0.2) is 13.8 Å². The van der Waals surface area contributed by atoms with E-state index in [0.717, 1.165) is 11.1 Å². The van der Waals surface area contributed by atoms with Gasteiger partial charge < -0.3 is 14.8 Å². The molecule has 0 aliphatic carbocycles. The summed E-state index contributed by atoms with van der Waals surface area (Å²) in [6.45, 7) is 2.38. The Hall–Kier alpha value is -3.16. The SMILES string of the molecule is CCn1c(C(O)(c2ccccc2F)c2ncccc2F)nc2ccc(CCCO)cc21. The topological polar surface area (TPSA) is 71.2 Å². The van der Waals surface area contributed by atoms with E-state index in [0.29, 0.717) is 24.9 Å². The highest BCUT2D eigenvalue weighted by Gasteiger charge is 2.44. The summed E-state index contributed by atoms with van der Waals surface area (Å²) in [5, 5.41) is 21.1. The van der Waals surface area contributed by atoms with Gasteiger partial charge in [-0.2, -0.15) is 0 Å². The molecule has 0 aliphatic heterocycles. The van der Waals surface area contributed by atoms with Gasteiger partial charge >= 0.3 is 0 Å². The molecule has 0 fully saturated rings. The van der Waals surface area contributed by atoms with Crippen LogP contribution in [0.3, 0.4) is 0 Å². The van der Waals surface area contributed by atoms with Gasteiger partial charge in [0.2, 0.25) is 0 Å². The number of benzene rings is 2. The summed E-state index contributed by atoms with van der Waals surface area (Å²) >= 11 is 0. The van der Waals surface area contributed by atoms with E-state index in [1.807, 2.05) is 25.1 Å². The van der Waals surface area contributed by atoms with E-state index in [1.165, 1.54) is 36.5 Å². The van der Waals surface area contributed by atoms with Gasteiger partial charge in [-0.05, 0) is 55.7 Å². The van der Waals surface area contributed by atoms with Crippen LogP contribution in [0.4, 0.5) is 8.78 Å². The molecule has 2 N–H and O–H groups in total. The number of fused-ring (bicyclic) bond motifs is 1. The summed E-state index contributed by atoms with van der Waals surface area (Å²) in [4.78, 5) is 8.68. The Morgan fingerprint density at radius 3 is 2.52 bits per heavy atom. The minimum Gasteiger partial charge on any atom is -0.396 e. The summed E-state index contributed by atoms with van der Waals surface area (Å²) < 4.78 is 31.5. The van der Waals surface area contributed by atoms with Crippen molar-refractivity contribution in [3.63, 3.8) is 0 Å². The number of halogens is 2. The van der Waals surface area contributed by atoms with E-state index in [9.17, 15) is 13.9 Å². The van der Waals surface area contributed by atoms with E-state index >= 15 is 0 Å². The highest BCUT2D eigenvalue weighted by Crippen LogP contribution is 2.39. The van der Waals surface area contributed by atoms with Crippen LogP contribution in [-0.4, -0.2) is 31.4 Å². The maximum Gasteiger partial charge on any atom is 0.196 e. The second-order valence-corrected chi connectivity index (χ2v) is 7.35. The molecule has 0 saturated carbocycles. The zero-order valence-electron chi connectivity index (χ0n) is 17.1. The van der Waals surface area contributed by atoms with Crippen molar-refractivity contribution in [1.82, 2.24) is 14.5 Å². The third kappa shape index (κ3) is 3.60. The van der Waals surface area contributed by atoms with Crippen molar-refractivity contribution in [3.05, 3.63) is 95.1 Å². The Morgan fingerprint density at radius 2 is 1.81 bits per heavy atom. The Morgan fingerprint density at radius 1 is 1.03 bits per heavy atom. The van der Waals surface area contributed by atoms with Gasteiger partial charge in [0.1, 0.15) is 17.3 Å². The lowest BCUT2D eigenvalue weighted by atomic mass is 9.88. The monoisotopic (exact) mass is 423 g/mol. The summed E-state index contributed by atoms with van der Waals surface area (Å²) in [5.41, 5.74) is -0.351. The van der Waals surface area contributed by atoms with E-state index in [2.05, 4.69) is 9.97 Å². The molecule has 2 aromatic heterocycles. The molecule has 1 atom stereocenters. The molecule has 0 aliphatic rings. The average molecular weight is 423 g/mol. The van der Waals surface area contributed by atoms with Crippen LogP contribution in [0.2, 0.25) is 0 Å². The quantitative estimate of drug-likeness (QED) is 0.472. The number of hydrogen-bond donors (Lipinski definition) is 2. The van der Waals surface area contributed by atoms with Crippen molar-refractivity contribution in [2.24, 2.45) is 0 Å². The molecule has 2 aromatic carbocycles. The van der Waals surface area contributed by atoms with Crippen molar-refractivity contribution in [1.29, 1.82) is 0 Å². The fourth-order valence-corrected chi connectivity index (χ4v) is 3.96. The fraction of sp³-hybridized carbons (Fsp3) is 0.250.